The van der Waals surface area contributed by atoms with E-state index in [1.54, 1.807) is 0 Å². The van der Waals surface area contributed by atoms with Crippen LogP contribution in [0.1, 0.15) is 40.5 Å². The van der Waals surface area contributed by atoms with Gasteiger partial charge < -0.3 is 5.32 Å². The first-order valence-corrected chi connectivity index (χ1v) is 4.44. The van der Waals surface area contributed by atoms with Crippen LogP contribution in [0.2, 0.25) is 0 Å². The van der Waals surface area contributed by atoms with Gasteiger partial charge in [0, 0.05) is 6.04 Å². The lowest BCUT2D eigenvalue weighted by molar-refractivity contribution is 0.446. The summed E-state index contributed by atoms with van der Waals surface area (Å²) >= 11 is 0. The number of rotatable bonds is 5. The Balaban J connectivity index is 3.17. The van der Waals surface area contributed by atoms with Gasteiger partial charge in [-0.3, -0.25) is 0 Å². The molecule has 0 fully saturated rings. The minimum Gasteiger partial charge on any atom is -0.314 e. The SMILES string of the molecule is CCC(C)NC[C@H](C)CC. The molecular weight excluding hydrogens is 122 g/mol. The quantitative estimate of drug-likeness (QED) is 0.623. The van der Waals surface area contributed by atoms with Crippen LogP contribution in [-0.2, 0) is 0 Å². The van der Waals surface area contributed by atoms with E-state index in [2.05, 4.69) is 33.0 Å². The third-order valence-corrected chi connectivity index (χ3v) is 2.12. The van der Waals surface area contributed by atoms with Gasteiger partial charge in [-0.1, -0.05) is 27.2 Å². The molecule has 0 aromatic rings. The normalized spacial score (nSPS) is 16.8. The van der Waals surface area contributed by atoms with Crippen molar-refractivity contribution < 1.29 is 0 Å². The molecule has 0 aliphatic heterocycles. The first-order valence-electron chi connectivity index (χ1n) is 4.44. The van der Waals surface area contributed by atoms with Crippen molar-refractivity contribution in [2.24, 2.45) is 5.92 Å². The van der Waals surface area contributed by atoms with Crippen LogP contribution in [0.15, 0.2) is 0 Å². The summed E-state index contributed by atoms with van der Waals surface area (Å²) in [6.45, 7) is 10.2. The van der Waals surface area contributed by atoms with Gasteiger partial charge in [0.25, 0.3) is 0 Å². The summed E-state index contributed by atoms with van der Waals surface area (Å²) < 4.78 is 0. The molecule has 0 saturated carbocycles. The molecule has 2 atom stereocenters. The molecule has 0 bridgehead atoms. The van der Waals surface area contributed by atoms with Crippen LogP contribution in [-0.4, -0.2) is 12.6 Å². The maximum absolute atomic E-state index is 3.48. The molecule has 1 heteroatoms. The monoisotopic (exact) mass is 143 g/mol. The van der Waals surface area contributed by atoms with Crippen LogP contribution >= 0.6 is 0 Å². The highest BCUT2D eigenvalue weighted by Gasteiger charge is 2.00. The first-order chi connectivity index (χ1) is 4.70. The van der Waals surface area contributed by atoms with E-state index in [1.165, 1.54) is 19.4 Å². The van der Waals surface area contributed by atoms with Crippen LogP contribution in [0.4, 0.5) is 0 Å². The van der Waals surface area contributed by atoms with Crippen molar-refractivity contribution in [3.8, 4) is 0 Å². The van der Waals surface area contributed by atoms with Crippen molar-refractivity contribution >= 4 is 0 Å². The minimum atomic E-state index is 0.689. The molecule has 0 rings (SSSR count). The van der Waals surface area contributed by atoms with E-state index in [9.17, 15) is 0 Å². The molecule has 10 heavy (non-hydrogen) atoms. The topological polar surface area (TPSA) is 12.0 Å². The van der Waals surface area contributed by atoms with Gasteiger partial charge in [0.15, 0.2) is 0 Å². The summed E-state index contributed by atoms with van der Waals surface area (Å²) in [6, 6.07) is 0.689. The molecule has 0 spiro atoms. The van der Waals surface area contributed by atoms with Crippen molar-refractivity contribution in [1.29, 1.82) is 0 Å². The van der Waals surface area contributed by atoms with Crippen LogP contribution in [0, 0.1) is 5.92 Å². The van der Waals surface area contributed by atoms with Gasteiger partial charge in [0.2, 0.25) is 0 Å². The summed E-state index contributed by atoms with van der Waals surface area (Å²) in [5.74, 6) is 0.828. The van der Waals surface area contributed by atoms with Gasteiger partial charge in [-0.25, -0.2) is 0 Å². The lowest BCUT2D eigenvalue weighted by Crippen LogP contribution is -2.29. The lowest BCUT2D eigenvalue weighted by Gasteiger charge is -2.14. The molecule has 0 heterocycles. The Kier molecular flexibility index (Phi) is 5.70. The first kappa shape index (κ1) is 9.96. The van der Waals surface area contributed by atoms with E-state index in [-0.39, 0.29) is 0 Å². The Morgan fingerprint density at radius 2 is 1.70 bits per heavy atom. The van der Waals surface area contributed by atoms with Gasteiger partial charge in [-0.15, -0.1) is 0 Å². The van der Waals surface area contributed by atoms with E-state index in [0.717, 1.165) is 5.92 Å². The van der Waals surface area contributed by atoms with Crippen LogP contribution in [0.5, 0.6) is 0 Å². The summed E-state index contributed by atoms with van der Waals surface area (Å²) in [6.07, 6.45) is 2.51. The van der Waals surface area contributed by atoms with Gasteiger partial charge in [-0.05, 0) is 25.8 Å². The average Bonchev–Trinajstić information content (AvgIpc) is 1.99. The molecule has 62 valence electrons. The zero-order chi connectivity index (χ0) is 7.98. The van der Waals surface area contributed by atoms with E-state index in [0.29, 0.717) is 6.04 Å². The fourth-order valence-corrected chi connectivity index (χ4v) is 0.691. The largest absolute Gasteiger partial charge is 0.314 e. The molecule has 0 aromatic heterocycles. The third kappa shape index (κ3) is 4.80. The van der Waals surface area contributed by atoms with E-state index in [1.807, 2.05) is 0 Å². The molecule has 1 nitrogen and oxygen atoms in total. The standard InChI is InChI=1S/C9H21N/c1-5-8(3)7-10-9(4)6-2/h8-10H,5-7H2,1-4H3/t8-,9?/m1/s1. The summed E-state index contributed by atoms with van der Waals surface area (Å²) in [4.78, 5) is 0. The maximum Gasteiger partial charge on any atom is 0.00362 e. The Morgan fingerprint density at radius 1 is 1.10 bits per heavy atom. The number of hydrogen-bond donors (Lipinski definition) is 1. The van der Waals surface area contributed by atoms with Crippen molar-refractivity contribution in [2.75, 3.05) is 6.54 Å². The smallest absolute Gasteiger partial charge is 0.00362 e. The fraction of sp³-hybridized carbons (Fsp3) is 1.00. The molecule has 0 radical (unpaired) electrons. The molecule has 1 unspecified atom stereocenters. The zero-order valence-electron chi connectivity index (χ0n) is 7.78. The highest BCUT2D eigenvalue weighted by atomic mass is 14.9. The van der Waals surface area contributed by atoms with Crippen molar-refractivity contribution in [1.82, 2.24) is 5.32 Å². The van der Waals surface area contributed by atoms with Gasteiger partial charge >= 0.3 is 0 Å². The molecule has 0 saturated heterocycles. The molecule has 0 amide bonds. The Morgan fingerprint density at radius 3 is 2.10 bits per heavy atom. The molecule has 1 N–H and O–H groups in total. The second-order valence-electron chi connectivity index (χ2n) is 3.23. The Labute approximate surface area is 65.2 Å². The summed E-state index contributed by atoms with van der Waals surface area (Å²) in [5, 5.41) is 3.48. The Hall–Kier alpha value is -0.0400. The maximum atomic E-state index is 3.48. The van der Waals surface area contributed by atoms with Crippen LogP contribution in [0.3, 0.4) is 0 Å². The lowest BCUT2D eigenvalue weighted by atomic mass is 10.1. The number of hydrogen-bond acceptors (Lipinski definition) is 1. The fourth-order valence-electron chi connectivity index (χ4n) is 0.691. The van der Waals surface area contributed by atoms with Gasteiger partial charge in [0.1, 0.15) is 0 Å². The van der Waals surface area contributed by atoms with Gasteiger partial charge in [0.05, 0.1) is 0 Å². The summed E-state index contributed by atoms with van der Waals surface area (Å²) in [7, 11) is 0. The highest BCUT2D eigenvalue weighted by Crippen LogP contribution is 1.98. The van der Waals surface area contributed by atoms with Crippen LogP contribution < -0.4 is 5.32 Å². The van der Waals surface area contributed by atoms with E-state index in [4.69, 9.17) is 0 Å². The minimum absolute atomic E-state index is 0.689. The second kappa shape index (κ2) is 5.72. The molecule has 0 aliphatic rings. The molecular formula is C9H21N. The zero-order valence-corrected chi connectivity index (χ0v) is 7.78. The average molecular weight is 143 g/mol. The molecule has 0 aliphatic carbocycles. The predicted octanol–water partition coefficient (Wildman–Crippen LogP) is 2.42. The molecule has 0 aromatic carbocycles. The number of nitrogens with one attached hydrogen (secondary N) is 1. The second-order valence-corrected chi connectivity index (χ2v) is 3.23. The third-order valence-electron chi connectivity index (χ3n) is 2.12. The van der Waals surface area contributed by atoms with Crippen LogP contribution in [0.25, 0.3) is 0 Å². The highest BCUT2D eigenvalue weighted by molar-refractivity contribution is 4.60. The van der Waals surface area contributed by atoms with Crippen molar-refractivity contribution in [3.05, 3.63) is 0 Å². The van der Waals surface area contributed by atoms with E-state index < -0.39 is 0 Å². The summed E-state index contributed by atoms with van der Waals surface area (Å²) in [5.41, 5.74) is 0. The van der Waals surface area contributed by atoms with E-state index >= 15 is 0 Å². The van der Waals surface area contributed by atoms with Gasteiger partial charge in [-0.2, -0.15) is 0 Å². The van der Waals surface area contributed by atoms with Crippen molar-refractivity contribution in [3.63, 3.8) is 0 Å². The predicted molar refractivity (Wildman–Crippen MR) is 47.2 cm³/mol. The van der Waals surface area contributed by atoms with Crippen molar-refractivity contribution in [2.45, 2.75) is 46.6 Å². The Bertz CT molecular complexity index is 61.1.